The van der Waals surface area contributed by atoms with Gasteiger partial charge >= 0.3 is 0 Å². The van der Waals surface area contributed by atoms with Crippen LogP contribution < -0.4 is 4.90 Å². The van der Waals surface area contributed by atoms with E-state index in [9.17, 15) is 0 Å². The van der Waals surface area contributed by atoms with Crippen LogP contribution in [0, 0.1) is 5.92 Å². The van der Waals surface area contributed by atoms with Gasteiger partial charge in [-0.3, -0.25) is 0 Å². The molecule has 0 radical (unpaired) electrons. The highest BCUT2D eigenvalue weighted by Crippen LogP contribution is 2.66. The van der Waals surface area contributed by atoms with Crippen molar-refractivity contribution >= 4 is 76.5 Å². The third-order valence-electron chi connectivity index (χ3n) is 15.0. The third kappa shape index (κ3) is 5.04. The maximum absolute atomic E-state index is 2.60. The fourth-order valence-electron chi connectivity index (χ4n) is 12.4. The van der Waals surface area contributed by atoms with Gasteiger partial charge in [0.15, 0.2) is 0 Å². The zero-order chi connectivity index (χ0) is 42.8. The second-order valence-electron chi connectivity index (χ2n) is 18.3. The van der Waals surface area contributed by atoms with E-state index >= 15 is 0 Å². The van der Waals surface area contributed by atoms with Crippen LogP contribution in [0.25, 0.3) is 81.7 Å². The van der Waals surface area contributed by atoms with Gasteiger partial charge in [-0.1, -0.05) is 195 Å². The summed E-state index contributed by atoms with van der Waals surface area (Å²) in [4.78, 5) is 2.57. The van der Waals surface area contributed by atoms with Gasteiger partial charge < -0.3 is 4.90 Å². The molecule has 65 heavy (non-hydrogen) atoms. The van der Waals surface area contributed by atoms with Crippen LogP contribution in [0.1, 0.15) is 35.6 Å². The second kappa shape index (κ2) is 13.7. The van der Waals surface area contributed by atoms with Crippen molar-refractivity contribution in [3.8, 4) is 22.3 Å². The number of benzene rings is 11. The molecule has 0 aliphatic heterocycles. The van der Waals surface area contributed by atoms with Crippen molar-refractivity contribution in [3.05, 3.63) is 252 Å². The van der Waals surface area contributed by atoms with Gasteiger partial charge in [0.1, 0.15) is 0 Å². The first kappa shape index (κ1) is 36.5. The lowest BCUT2D eigenvalue weighted by molar-refractivity contribution is 0.591. The average Bonchev–Trinajstić information content (AvgIpc) is 3.84. The van der Waals surface area contributed by atoms with E-state index in [0.717, 1.165) is 23.5 Å². The molecule has 0 amide bonds. The number of hydrogen-bond donors (Lipinski definition) is 0. The van der Waals surface area contributed by atoms with Crippen LogP contribution in [0.15, 0.2) is 230 Å². The van der Waals surface area contributed by atoms with Crippen molar-refractivity contribution < 1.29 is 0 Å². The fourth-order valence-corrected chi connectivity index (χ4v) is 12.4. The molecule has 11 aromatic carbocycles. The minimum Gasteiger partial charge on any atom is -0.310 e. The first-order valence-electron chi connectivity index (χ1n) is 23.1. The monoisotopic (exact) mass is 825 g/mol. The Morgan fingerprint density at radius 2 is 0.938 bits per heavy atom. The van der Waals surface area contributed by atoms with Crippen LogP contribution in [-0.4, -0.2) is 0 Å². The zero-order valence-corrected chi connectivity index (χ0v) is 36.1. The van der Waals surface area contributed by atoms with Gasteiger partial charge in [0.2, 0.25) is 0 Å². The summed E-state index contributed by atoms with van der Waals surface area (Å²) in [6, 6.07) is 80.2. The van der Waals surface area contributed by atoms with E-state index in [4.69, 9.17) is 0 Å². The lowest BCUT2D eigenvalue weighted by atomic mass is 9.65. The van der Waals surface area contributed by atoms with Crippen LogP contribution in [0.4, 0.5) is 17.1 Å². The Bertz CT molecular complexity index is 3850. The SMILES string of the molecule is CC1CC=CC2=C1C1(c3ccccc32)c2ccccc2-c2cc(-c3ccccc3)c(N(c3ccc4ccc5ccccc5c4c3)c3ccc4c5ccccc5c5ccccc5c4c3)cc21. The normalized spacial score (nSPS) is 17.0. The number of fused-ring (bicyclic) bond motifs is 18. The van der Waals surface area contributed by atoms with E-state index in [1.807, 2.05) is 0 Å². The topological polar surface area (TPSA) is 3.24 Å². The minimum absolute atomic E-state index is 0.368. The maximum atomic E-state index is 2.60. The predicted molar refractivity (Wildman–Crippen MR) is 276 cm³/mol. The fraction of sp³-hybridized carbons (Fsp3) is 0.0625. The second-order valence-corrected chi connectivity index (χ2v) is 18.3. The third-order valence-corrected chi connectivity index (χ3v) is 15.0. The molecule has 3 aliphatic rings. The van der Waals surface area contributed by atoms with Crippen molar-refractivity contribution in [2.24, 2.45) is 5.92 Å². The highest BCUT2D eigenvalue weighted by atomic mass is 15.1. The average molecular weight is 826 g/mol. The molecule has 304 valence electrons. The summed E-state index contributed by atoms with van der Waals surface area (Å²) in [6.07, 6.45) is 5.83. The van der Waals surface area contributed by atoms with Crippen LogP contribution in [-0.2, 0) is 5.41 Å². The van der Waals surface area contributed by atoms with Crippen molar-refractivity contribution in [2.75, 3.05) is 4.90 Å². The van der Waals surface area contributed by atoms with Gasteiger partial charge in [-0.05, 0) is 153 Å². The molecule has 0 bridgehead atoms. The van der Waals surface area contributed by atoms with Crippen molar-refractivity contribution in [1.29, 1.82) is 0 Å². The number of allylic oxidation sites excluding steroid dienone is 4. The minimum atomic E-state index is -0.435. The lowest BCUT2D eigenvalue weighted by Crippen LogP contribution is -2.31. The molecule has 1 heteroatoms. The van der Waals surface area contributed by atoms with Gasteiger partial charge in [-0.15, -0.1) is 0 Å². The van der Waals surface area contributed by atoms with Crippen LogP contribution in [0.3, 0.4) is 0 Å². The highest BCUT2D eigenvalue weighted by Gasteiger charge is 2.54. The first-order valence-corrected chi connectivity index (χ1v) is 23.1. The highest BCUT2D eigenvalue weighted by molar-refractivity contribution is 6.26. The summed E-state index contributed by atoms with van der Waals surface area (Å²) in [5.74, 6) is 0.368. The molecule has 11 aromatic rings. The summed E-state index contributed by atoms with van der Waals surface area (Å²) in [5, 5.41) is 12.6. The van der Waals surface area contributed by atoms with Gasteiger partial charge in [0.05, 0.1) is 11.1 Å². The molecule has 0 N–H and O–H groups in total. The largest absolute Gasteiger partial charge is 0.310 e. The molecule has 2 unspecified atom stereocenters. The van der Waals surface area contributed by atoms with Crippen LogP contribution >= 0.6 is 0 Å². The predicted octanol–water partition coefficient (Wildman–Crippen LogP) is 17.3. The summed E-state index contributed by atoms with van der Waals surface area (Å²) < 4.78 is 0. The van der Waals surface area contributed by atoms with Crippen LogP contribution in [0.2, 0.25) is 0 Å². The van der Waals surface area contributed by atoms with Crippen molar-refractivity contribution in [1.82, 2.24) is 0 Å². The number of nitrogens with zero attached hydrogens (tertiary/aromatic N) is 1. The molecular formula is C64H43N. The molecule has 1 spiro atoms. The van der Waals surface area contributed by atoms with Crippen molar-refractivity contribution in [2.45, 2.75) is 18.8 Å². The van der Waals surface area contributed by atoms with Gasteiger partial charge in [-0.25, -0.2) is 0 Å². The molecule has 0 saturated heterocycles. The summed E-state index contributed by atoms with van der Waals surface area (Å²) in [5.41, 5.74) is 16.4. The van der Waals surface area contributed by atoms with Gasteiger partial charge in [0.25, 0.3) is 0 Å². The van der Waals surface area contributed by atoms with E-state index in [2.05, 4.69) is 236 Å². The van der Waals surface area contributed by atoms with E-state index in [0.29, 0.717) is 5.92 Å². The lowest BCUT2D eigenvalue weighted by Gasteiger charge is -2.37. The maximum Gasteiger partial charge on any atom is 0.0691 e. The van der Waals surface area contributed by atoms with Crippen LogP contribution in [0.5, 0.6) is 0 Å². The Morgan fingerprint density at radius 3 is 1.68 bits per heavy atom. The zero-order valence-electron chi connectivity index (χ0n) is 36.1. The van der Waals surface area contributed by atoms with E-state index in [1.54, 1.807) is 0 Å². The molecule has 2 atom stereocenters. The van der Waals surface area contributed by atoms with Gasteiger partial charge in [0, 0.05) is 16.9 Å². The Hall–Kier alpha value is -8.00. The van der Waals surface area contributed by atoms with E-state index < -0.39 is 5.41 Å². The molecule has 0 fully saturated rings. The Balaban J connectivity index is 1.13. The summed E-state index contributed by atoms with van der Waals surface area (Å²) in [6.45, 7) is 2.45. The number of hydrogen-bond acceptors (Lipinski definition) is 1. The molecule has 0 heterocycles. The van der Waals surface area contributed by atoms with E-state index in [-0.39, 0.29) is 0 Å². The first-order chi connectivity index (χ1) is 32.2. The smallest absolute Gasteiger partial charge is 0.0691 e. The molecule has 1 nitrogen and oxygen atoms in total. The quantitative estimate of drug-likeness (QED) is 0.160. The standard InChI is InChI=1S/C64H43N/c1-40-16-15-27-54-52-25-11-13-28-59(52)64(63(40)54)60-29-14-12-26-53(60)58-38-56(41-17-3-2-4-18-41)62(39-61(58)64)65(44-33-32-43-31-30-42-19-5-6-20-46(42)55(43)36-44)45-34-35-51-49-23-8-7-21-47(49)48-22-9-10-24-50(48)57(51)37-45/h2-15,17-40H,16H2,1H3. The molecular weight excluding hydrogens is 783 g/mol. The molecule has 0 saturated carbocycles. The van der Waals surface area contributed by atoms with E-state index in [1.165, 1.54) is 110 Å². The molecule has 14 rings (SSSR count). The number of rotatable bonds is 4. The Labute approximate surface area is 378 Å². The number of anilines is 3. The molecule has 3 aliphatic carbocycles. The van der Waals surface area contributed by atoms with Crippen molar-refractivity contribution in [3.63, 3.8) is 0 Å². The summed E-state index contributed by atoms with van der Waals surface area (Å²) in [7, 11) is 0. The Morgan fingerprint density at radius 1 is 0.400 bits per heavy atom. The summed E-state index contributed by atoms with van der Waals surface area (Å²) >= 11 is 0. The van der Waals surface area contributed by atoms with Gasteiger partial charge in [-0.2, -0.15) is 0 Å². The molecule has 0 aromatic heterocycles. The Kier molecular flexibility index (Phi) is 7.72.